The maximum absolute atomic E-state index is 12.3. The number of rotatable bonds is 5. The molecule has 0 saturated heterocycles. The fourth-order valence-corrected chi connectivity index (χ4v) is 4.18. The molecule has 0 spiro atoms. The standard InChI is InChI=1S/C20H20N2O3S2/c1-13-6-4-9-17-14(2)10-19(22-20(13)17)26-12-18(23)21-15-7-5-8-16(11-15)27(3,24)25/h4-11H,12H2,1-3H3,(H,21,23). The minimum atomic E-state index is -3.31. The summed E-state index contributed by atoms with van der Waals surface area (Å²) in [6.45, 7) is 4.05. The summed E-state index contributed by atoms with van der Waals surface area (Å²) in [4.78, 5) is 17.1. The van der Waals surface area contributed by atoms with Crippen molar-refractivity contribution < 1.29 is 13.2 Å². The van der Waals surface area contributed by atoms with E-state index in [2.05, 4.69) is 10.3 Å². The van der Waals surface area contributed by atoms with E-state index < -0.39 is 9.84 Å². The van der Waals surface area contributed by atoms with Crippen molar-refractivity contribution in [2.45, 2.75) is 23.8 Å². The summed E-state index contributed by atoms with van der Waals surface area (Å²) in [6.07, 6.45) is 1.14. The number of hydrogen-bond donors (Lipinski definition) is 1. The zero-order valence-corrected chi connectivity index (χ0v) is 16.9. The topological polar surface area (TPSA) is 76.1 Å². The van der Waals surface area contributed by atoms with Gasteiger partial charge in [0, 0.05) is 17.3 Å². The molecular weight excluding hydrogens is 380 g/mol. The van der Waals surface area contributed by atoms with E-state index in [0.29, 0.717) is 5.69 Å². The highest BCUT2D eigenvalue weighted by Crippen LogP contribution is 2.26. The van der Waals surface area contributed by atoms with Crippen molar-refractivity contribution in [1.82, 2.24) is 4.98 Å². The summed E-state index contributed by atoms with van der Waals surface area (Å²) in [7, 11) is -3.31. The predicted molar refractivity (Wildman–Crippen MR) is 110 cm³/mol. The van der Waals surface area contributed by atoms with Gasteiger partial charge < -0.3 is 5.32 Å². The zero-order valence-electron chi connectivity index (χ0n) is 15.3. The molecule has 0 atom stereocenters. The van der Waals surface area contributed by atoms with Crippen LogP contribution in [0.1, 0.15) is 11.1 Å². The number of anilines is 1. The minimum Gasteiger partial charge on any atom is -0.325 e. The van der Waals surface area contributed by atoms with Crippen LogP contribution in [-0.2, 0) is 14.6 Å². The smallest absolute Gasteiger partial charge is 0.234 e. The third kappa shape index (κ3) is 4.67. The first kappa shape index (κ1) is 19.4. The number of amides is 1. The lowest BCUT2D eigenvalue weighted by atomic mass is 10.1. The highest BCUT2D eigenvalue weighted by atomic mass is 32.2. The van der Waals surface area contributed by atoms with Crippen LogP contribution in [-0.4, -0.2) is 31.3 Å². The lowest BCUT2D eigenvalue weighted by Crippen LogP contribution is -2.14. The van der Waals surface area contributed by atoms with Crippen molar-refractivity contribution in [2.24, 2.45) is 0 Å². The lowest BCUT2D eigenvalue weighted by molar-refractivity contribution is -0.113. The summed E-state index contributed by atoms with van der Waals surface area (Å²) in [6, 6.07) is 14.3. The Balaban J connectivity index is 1.71. The second-order valence-corrected chi connectivity index (χ2v) is 9.40. The number of nitrogens with zero attached hydrogens (tertiary/aromatic N) is 1. The van der Waals surface area contributed by atoms with E-state index >= 15 is 0 Å². The molecule has 1 amide bonds. The molecular formula is C20H20N2O3S2. The Morgan fingerprint density at radius 1 is 1.07 bits per heavy atom. The van der Waals surface area contributed by atoms with Gasteiger partial charge in [-0.3, -0.25) is 4.79 Å². The normalized spacial score (nSPS) is 11.5. The van der Waals surface area contributed by atoms with Crippen LogP contribution in [0, 0.1) is 13.8 Å². The van der Waals surface area contributed by atoms with Crippen molar-refractivity contribution in [2.75, 3.05) is 17.3 Å². The molecule has 140 valence electrons. The van der Waals surface area contributed by atoms with Gasteiger partial charge in [-0.1, -0.05) is 36.0 Å². The Labute approximate surface area is 163 Å². The molecule has 1 heterocycles. The summed E-state index contributed by atoms with van der Waals surface area (Å²) >= 11 is 1.35. The molecule has 3 aromatic rings. The van der Waals surface area contributed by atoms with E-state index in [4.69, 9.17) is 0 Å². The number of pyridine rings is 1. The number of carbonyl (C=O) groups is 1. The SMILES string of the molecule is Cc1cc(SCC(=O)Nc2cccc(S(C)(=O)=O)c2)nc2c(C)cccc12. The Kier molecular flexibility index (Phi) is 5.53. The number of thioether (sulfide) groups is 1. The average molecular weight is 401 g/mol. The van der Waals surface area contributed by atoms with E-state index in [9.17, 15) is 13.2 Å². The lowest BCUT2D eigenvalue weighted by Gasteiger charge is -2.09. The number of fused-ring (bicyclic) bond motifs is 1. The van der Waals surface area contributed by atoms with Crippen LogP contribution in [0.4, 0.5) is 5.69 Å². The van der Waals surface area contributed by atoms with Crippen molar-refractivity contribution in [3.05, 3.63) is 59.7 Å². The first-order valence-electron chi connectivity index (χ1n) is 8.34. The molecule has 1 N–H and O–H groups in total. The maximum atomic E-state index is 12.3. The Bertz CT molecular complexity index is 1130. The molecule has 2 aromatic carbocycles. The molecule has 5 nitrogen and oxygen atoms in total. The van der Waals surface area contributed by atoms with Crippen LogP contribution in [0.5, 0.6) is 0 Å². The number of aromatic nitrogens is 1. The minimum absolute atomic E-state index is 0.176. The van der Waals surface area contributed by atoms with E-state index in [1.807, 2.05) is 38.1 Å². The second kappa shape index (κ2) is 7.70. The van der Waals surface area contributed by atoms with Gasteiger partial charge in [0.2, 0.25) is 5.91 Å². The maximum Gasteiger partial charge on any atom is 0.234 e. The van der Waals surface area contributed by atoms with Crippen LogP contribution < -0.4 is 5.32 Å². The number of sulfone groups is 1. The van der Waals surface area contributed by atoms with Gasteiger partial charge in [0.15, 0.2) is 9.84 Å². The largest absolute Gasteiger partial charge is 0.325 e. The zero-order chi connectivity index (χ0) is 19.6. The highest BCUT2D eigenvalue weighted by Gasteiger charge is 2.11. The number of para-hydroxylation sites is 1. The third-order valence-corrected chi connectivity index (χ3v) is 6.14. The van der Waals surface area contributed by atoms with Gasteiger partial charge in [-0.15, -0.1) is 0 Å². The van der Waals surface area contributed by atoms with Crippen LogP contribution in [0.2, 0.25) is 0 Å². The first-order valence-corrected chi connectivity index (χ1v) is 11.2. The summed E-state index contributed by atoms with van der Waals surface area (Å²) in [5.74, 6) is -0.0255. The van der Waals surface area contributed by atoms with Crippen LogP contribution in [0.3, 0.4) is 0 Å². The Hall–Kier alpha value is -2.38. The van der Waals surface area contributed by atoms with Gasteiger partial charge >= 0.3 is 0 Å². The molecule has 1 aromatic heterocycles. The van der Waals surface area contributed by atoms with Crippen molar-refractivity contribution in [3.8, 4) is 0 Å². The highest BCUT2D eigenvalue weighted by molar-refractivity contribution is 7.99. The molecule has 0 bridgehead atoms. The number of hydrogen-bond acceptors (Lipinski definition) is 5. The average Bonchev–Trinajstić information content (AvgIpc) is 2.60. The summed E-state index contributed by atoms with van der Waals surface area (Å²) < 4.78 is 23.2. The monoisotopic (exact) mass is 400 g/mol. The fourth-order valence-electron chi connectivity index (χ4n) is 2.75. The van der Waals surface area contributed by atoms with Crippen molar-refractivity contribution >= 4 is 44.1 Å². The molecule has 3 rings (SSSR count). The number of nitrogens with one attached hydrogen (secondary N) is 1. The molecule has 27 heavy (non-hydrogen) atoms. The molecule has 7 heteroatoms. The van der Waals surface area contributed by atoms with Gasteiger partial charge in [0.25, 0.3) is 0 Å². The summed E-state index contributed by atoms with van der Waals surface area (Å²) in [5.41, 5.74) is 3.62. The van der Waals surface area contributed by atoms with Crippen molar-refractivity contribution in [3.63, 3.8) is 0 Å². The van der Waals surface area contributed by atoms with E-state index in [1.165, 1.54) is 23.9 Å². The molecule has 0 aliphatic heterocycles. The Morgan fingerprint density at radius 2 is 1.81 bits per heavy atom. The molecule has 0 radical (unpaired) electrons. The van der Waals surface area contributed by atoms with Gasteiger partial charge in [-0.2, -0.15) is 0 Å². The van der Waals surface area contributed by atoms with Crippen LogP contribution in [0.15, 0.2) is 58.5 Å². The second-order valence-electron chi connectivity index (χ2n) is 6.39. The van der Waals surface area contributed by atoms with E-state index in [0.717, 1.165) is 33.3 Å². The predicted octanol–water partition coefficient (Wildman–Crippen LogP) is 3.99. The third-order valence-electron chi connectivity index (χ3n) is 4.12. The quantitative estimate of drug-likeness (QED) is 0.656. The van der Waals surface area contributed by atoms with Gasteiger partial charge in [-0.05, 0) is 49.2 Å². The summed E-state index contributed by atoms with van der Waals surface area (Å²) in [5, 5.41) is 4.63. The number of aryl methyl sites for hydroxylation is 2. The molecule has 0 aliphatic rings. The van der Waals surface area contributed by atoms with Crippen molar-refractivity contribution in [1.29, 1.82) is 0 Å². The van der Waals surface area contributed by atoms with Gasteiger partial charge in [0.05, 0.1) is 21.2 Å². The van der Waals surface area contributed by atoms with E-state index in [-0.39, 0.29) is 16.6 Å². The Morgan fingerprint density at radius 3 is 2.56 bits per heavy atom. The van der Waals surface area contributed by atoms with Gasteiger partial charge in [0.1, 0.15) is 0 Å². The number of carbonyl (C=O) groups excluding carboxylic acids is 1. The molecule has 0 fully saturated rings. The molecule has 0 saturated carbocycles. The first-order chi connectivity index (χ1) is 12.7. The molecule has 0 aliphatic carbocycles. The van der Waals surface area contributed by atoms with Crippen LogP contribution in [0.25, 0.3) is 10.9 Å². The number of benzene rings is 2. The van der Waals surface area contributed by atoms with E-state index in [1.54, 1.807) is 12.1 Å². The fraction of sp³-hybridized carbons (Fsp3) is 0.200. The molecule has 0 unspecified atom stereocenters. The van der Waals surface area contributed by atoms with Crippen LogP contribution >= 0.6 is 11.8 Å². The van der Waals surface area contributed by atoms with Gasteiger partial charge in [-0.25, -0.2) is 13.4 Å².